The summed E-state index contributed by atoms with van der Waals surface area (Å²) in [6.45, 7) is 15.8. The van der Waals surface area contributed by atoms with Gasteiger partial charge in [-0.05, 0) is 61.6 Å². The molecule has 2 heterocycles. The molecule has 1 aliphatic heterocycles. The van der Waals surface area contributed by atoms with Crippen LogP contribution in [0.3, 0.4) is 0 Å². The van der Waals surface area contributed by atoms with Crippen molar-refractivity contribution >= 4 is 29.2 Å². The molecule has 2 rings (SSSR count). The summed E-state index contributed by atoms with van der Waals surface area (Å²) in [5.41, 5.74) is 10.0. The van der Waals surface area contributed by atoms with Gasteiger partial charge in [0.25, 0.3) is 0 Å². The van der Waals surface area contributed by atoms with Gasteiger partial charge < -0.3 is 9.84 Å². The van der Waals surface area contributed by atoms with Gasteiger partial charge in [-0.3, -0.25) is 9.59 Å². The Morgan fingerprint density at radius 3 is 2.54 bits per heavy atom. The van der Waals surface area contributed by atoms with Gasteiger partial charge in [0.2, 0.25) is 0 Å². The van der Waals surface area contributed by atoms with E-state index in [0.717, 1.165) is 29.1 Å². The Morgan fingerprint density at radius 1 is 1.27 bits per heavy atom. The summed E-state index contributed by atoms with van der Waals surface area (Å²) >= 11 is 1.53. The predicted molar refractivity (Wildman–Crippen MR) is 148 cm³/mol. The Labute approximate surface area is 225 Å². The largest absolute Gasteiger partial charge is 0.458 e. The summed E-state index contributed by atoms with van der Waals surface area (Å²) in [6.07, 6.45) is 2.61. The molecule has 9 heteroatoms. The lowest BCUT2D eigenvalue weighted by Crippen LogP contribution is -2.40. The van der Waals surface area contributed by atoms with Crippen molar-refractivity contribution in [3.8, 4) is 0 Å². The Kier molecular flexibility index (Phi) is 11.3. The van der Waals surface area contributed by atoms with Crippen LogP contribution >= 0.6 is 11.3 Å². The number of ether oxygens (including phenoxy) is 1. The first-order valence-corrected chi connectivity index (χ1v) is 14.2. The number of azide groups is 1. The minimum absolute atomic E-state index is 0.0870. The van der Waals surface area contributed by atoms with E-state index in [1.54, 1.807) is 0 Å². The van der Waals surface area contributed by atoms with Crippen LogP contribution in [0.1, 0.15) is 91.3 Å². The summed E-state index contributed by atoms with van der Waals surface area (Å²) < 4.78 is 5.94. The van der Waals surface area contributed by atoms with Gasteiger partial charge in [-0.1, -0.05) is 59.5 Å². The van der Waals surface area contributed by atoms with Gasteiger partial charge in [0.05, 0.1) is 22.8 Å². The van der Waals surface area contributed by atoms with Crippen LogP contribution in [0.2, 0.25) is 0 Å². The van der Waals surface area contributed by atoms with Gasteiger partial charge in [0.15, 0.2) is 0 Å². The summed E-state index contributed by atoms with van der Waals surface area (Å²) in [7, 11) is 0. The number of hydrogen-bond acceptors (Lipinski definition) is 7. The van der Waals surface area contributed by atoms with Crippen LogP contribution in [0.5, 0.6) is 0 Å². The number of cyclic esters (lactones) is 1. The van der Waals surface area contributed by atoms with Crippen molar-refractivity contribution in [3.63, 3.8) is 0 Å². The van der Waals surface area contributed by atoms with Crippen LogP contribution in [0.25, 0.3) is 16.5 Å². The van der Waals surface area contributed by atoms with E-state index in [2.05, 4.69) is 28.9 Å². The Balaban J connectivity index is 2.43. The van der Waals surface area contributed by atoms with Crippen LogP contribution in [-0.2, 0) is 14.3 Å². The SMILES string of the molecule is C/C(=C\c1csc(C)n1)[C@@H]1C[C@H](N=[N+]=[N-])[C@@H](O)CCCC(C)[C@H](C)[C@@H](C)C(=O)C(C)(C)[C@@H](C)CC(=O)O1. The number of ketones is 1. The van der Waals surface area contributed by atoms with Crippen LogP contribution in [0.4, 0.5) is 0 Å². The summed E-state index contributed by atoms with van der Waals surface area (Å²) in [5, 5.41) is 17.7. The first-order valence-electron chi connectivity index (χ1n) is 13.3. The minimum Gasteiger partial charge on any atom is -0.458 e. The number of hydrogen-bond donors (Lipinski definition) is 1. The van der Waals surface area contributed by atoms with Crippen molar-refractivity contribution in [2.45, 2.75) is 106 Å². The highest BCUT2D eigenvalue weighted by Crippen LogP contribution is 2.38. The zero-order chi connectivity index (χ0) is 27.9. The molecule has 0 aromatic carbocycles. The third-order valence-electron chi connectivity index (χ3n) is 8.49. The van der Waals surface area contributed by atoms with Gasteiger partial charge >= 0.3 is 5.97 Å². The third kappa shape index (κ3) is 8.39. The van der Waals surface area contributed by atoms with Crippen LogP contribution < -0.4 is 0 Å². The maximum Gasteiger partial charge on any atom is 0.306 e. The fourth-order valence-corrected chi connectivity index (χ4v) is 5.61. The van der Waals surface area contributed by atoms with E-state index in [4.69, 9.17) is 4.74 Å². The number of thiazole rings is 1. The summed E-state index contributed by atoms with van der Waals surface area (Å²) in [6, 6.07) is -0.738. The maximum atomic E-state index is 13.5. The van der Waals surface area contributed by atoms with Crippen molar-refractivity contribution in [1.29, 1.82) is 0 Å². The minimum atomic E-state index is -0.862. The number of aromatic nitrogens is 1. The normalized spacial score (nSPS) is 32.9. The van der Waals surface area contributed by atoms with Crippen molar-refractivity contribution in [3.05, 3.63) is 32.1 Å². The highest BCUT2D eigenvalue weighted by Gasteiger charge is 2.40. The van der Waals surface area contributed by atoms with E-state index in [9.17, 15) is 20.2 Å². The van der Waals surface area contributed by atoms with Crippen molar-refractivity contribution in [1.82, 2.24) is 4.98 Å². The van der Waals surface area contributed by atoms with E-state index < -0.39 is 29.6 Å². The quantitative estimate of drug-likeness (QED) is 0.196. The third-order valence-corrected chi connectivity index (χ3v) is 9.28. The molecular weight excluding hydrogens is 488 g/mol. The van der Waals surface area contributed by atoms with E-state index in [1.807, 2.05) is 53.0 Å². The lowest BCUT2D eigenvalue weighted by atomic mass is 9.67. The van der Waals surface area contributed by atoms with Crippen molar-refractivity contribution in [2.24, 2.45) is 34.2 Å². The van der Waals surface area contributed by atoms with Crippen LogP contribution in [0.15, 0.2) is 16.1 Å². The molecule has 0 radical (unpaired) electrons. The fourth-order valence-electron chi connectivity index (χ4n) is 5.04. The smallest absolute Gasteiger partial charge is 0.306 e. The molecule has 1 N–H and O–H groups in total. The molecule has 0 saturated carbocycles. The number of carbonyl (C=O) groups excluding carboxylic acids is 2. The second kappa shape index (κ2) is 13.5. The van der Waals surface area contributed by atoms with Crippen LogP contribution in [0, 0.1) is 36.0 Å². The van der Waals surface area contributed by atoms with Crippen LogP contribution in [-0.4, -0.2) is 40.1 Å². The molecule has 0 spiro atoms. The number of nitrogens with zero attached hydrogens (tertiary/aromatic N) is 4. The van der Waals surface area contributed by atoms with E-state index in [-0.39, 0.29) is 42.3 Å². The highest BCUT2D eigenvalue weighted by atomic mass is 32.1. The molecule has 8 nitrogen and oxygen atoms in total. The van der Waals surface area contributed by atoms with Gasteiger partial charge in [0, 0.05) is 28.0 Å². The lowest BCUT2D eigenvalue weighted by Gasteiger charge is -2.36. The van der Waals surface area contributed by atoms with Gasteiger partial charge in [-0.25, -0.2) is 4.98 Å². The number of esters is 1. The zero-order valence-corrected chi connectivity index (χ0v) is 24.4. The number of aliphatic hydroxyl groups is 1. The molecule has 1 aliphatic rings. The monoisotopic (exact) mass is 532 g/mol. The fraction of sp³-hybridized carbons (Fsp3) is 0.750. The topological polar surface area (TPSA) is 125 Å². The number of carbonyl (C=O) groups is 2. The first-order chi connectivity index (χ1) is 17.3. The second-order valence-electron chi connectivity index (χ2n) is 11.5. The van der Waals surface area contributed by atoms with Crippen molar-refractivity contribution < 1.29 is 19.4 Å². The van der Waals surface area contributed by atoms with Gasteiger partial charge in [-0.2, -0.15) is 0 Å². The molecule has 0 amide bonds. The molecule has 37 heavy (non-hydrogen) atoms. The molecular formula is C28H44N4O4S. The zero-order valence-electron chi connectivity index (χ0n) is 23.6. The number of Topliss-reactive ketones (excluding diaryl/α,β-unsaturated/α-hetero) is 1. The molecule has 1 fully saturated rings. The second-order valence-corrected chi connectivity index (χ2v) is 12.5. The molecule has 0 aliphatic carbocycles. The predicted octanol–water partition coefficient (Wildman–Crippen LogP) is 6.91. The lowest BCUT2D eigenvalue weighted by molar-refractivity contribution is -0.151. The molecule has 1 aromatic heterocycles. The maximum absolute atomic E-state index is 13.5. The molecule has 206 valence electrons. The number of aliphatic hydroxyl groups excluding tert-OH is 1. The molecule has 7 atom stereocenters. The number of rotatable bonds is 3. The van der Waals surface area contributed by atoms with E-state index in [0.29, 0.717) is 6.42 Å². The Bertz CT molecular complexity index is 1010. The molecule has 1 saturated heterocycles. The molecule has 1 aromatic rings. The first kappa shape index (κ1) is 31.0. The summed E-state index contributed by atoms with van der Waals surface area (Å²) in [5.74, 6) is -0.195. The van der Waals surface area contributed by atoms with Gasteiger partial charge in [-0.15, -0.1) is 11.3 Å². The van der Waals surface area contributed by atoms with E-state index >= 15 is 0 Å². The standard InChI is InChI=1S/C28H44N4O4S/c1-16-10-9-11-24(33)23(31-32-29)14-25(17(2)12-22-15-37-21(6)30-22)36-26(34)13-18(3)28(7,8)27(35)20(5)19(16)4/h12,15-16,18-20,23-25,33H,9-11,13-14H2,1-8H3/b17-12+/t16?,18-,19-,20+,23-,24-,25-/m0/s1. The van der Waals surface area contributed by atoms with Gasteiger partial charge in [0.1, 0.15) is 11.9 Å². The Hall–Kier alpha value is -2.22. The molecule has 0 bridgehead atoms. The average molecular weight is 533 g/mol. The van der Waals surface area contributed by atoms with Crippen molar-refractivity contribution in [2.75, 3.05) is 0 Å². The summed E-state index contributed by atoms with van der Waals surface area (Å²) in [4.78, 5) is 34.1. The number of aryl methyl sites for hydroxylation is 1. The Morgan fingerprint density at radius 2 is 1.95 bits per heavy atom. The highest BCUT2D eigenvalue weighted by molar-refractivity contribution is 7.09. The average Bonchev–Trinajstić information content (AvgIpc) is 3.24. The van der Waals surface area contributed by atoms with E-state index in [1.165, 1.54) is 11.3 Å². The molecule has 1 unspecified atom stereocenters.